The number of hydrogen-bond donors (Lipinski definition) is 0. The molecule has 0 radical (unpaired) electrons. The predicted octanol–water partition coefficient (Wildman–Crippen LogP) is 5.94. The van der Waals surface area contributed by atoms with E-state index in [-0.39, 0.29) is 0 Å². The lowest BCUT2D eigenvalue weighted by Crippen LogP contribution is -2.26. The first kappa shape index (κ1) is 17.1. The van der Waals surface area contributed by atoms with Gasteiger partial charge in [-0.25, -0.2) is 0 Å². The fourth-order valence-electron chi connectivity index (χ4n) is 4.74. The molecule has 0 N–H and O–H groups in total. The monoisotopic (exact) mass is 367 g/mol. The molecule has 5 rings (SSSR count). The maximum Gasteiger partial charge on any atom is 0.0590 e. The summed E-state index contributed by atoms with van der Waals surface area (Å²) < 4.78 is 0. The van der Waals surface area contributed by atoms with Gasteiger partial charge in [0.25, 0.3) is 0 Å². The number of anilines is 3. The van der Waals surface area contributed by atoms with Crippen LogP contribution in [0.3, 0.4) is 0 Å². The van der Waals surface area contributed by atoms with Crippen molar-refractivity contribution in [3.05, 3.63) is 90.0 Å². The summed E-state index contributed by atoms with van der Waals surface area (Å²) in [5.41, 5.74) is 6.42. The Morgan fingerprint density at radius 3 is 2.46 bits per heavy atom. The lowest BCUT2D eigenvalue weighted by molar-refractivity contribution is 0.642. The molecule has 3 heteroatoms. The van der Waals surface area contributed by atoms with E-state index in [1.807, 2.05) is 36.5 Å². The van der Waals surface area contributed by atoms with Crippen LogP contribution >= 0.6 is 0 Å². The maximum absolute atomic E-state index is 4.65. The topological polar surface area (TPSA) is 18.8 Å². The molecule has 1 saturated carbocycles. The molecule has 0 amide bonds. The van der Waals surface area contributed by atoms with Gasteiger partial charge in [-0.2, -0.15) is 5.10 Å². The van der Waals surface area contributed by atoms with Crippen LogP contribution in [0, 0.1) is 0 Å². The Morgan fingerprint density at radius 2 is 1.68 bits per heavy atom. The van der Waals surface area contributed by atoms with E-state index in [1.165, 1.54) is 41.8 Å². The molecule has 3 nitrogen and oxygen atoms in total. The van der Waals surface area contributed by atoms with Crippen LogP contribution in [0.25, 0.3) is 0 Å². The van der Waals surface area contributed by atoms with Crippen molar-refractivity contribution in [2.75, 3.05) is 17.0 Å². The second kappa shape index (κ2) is 7.16. The average Bonchev–Trinajstić information content (AvgIpc) is 3.34. The minimum Gasteiger partial charge on any atom is -0.338 e. The van der Waals surface area contributed by atoms with E-state index in [0.717, 1.165) is 5.69 Å². The van der Waals surface area contributed by atoms with Crippen molar-refractivity contribution < 1.29 is 0 Å². The SMILES string of the molecule is CN(/N=C/c1ccc2c(c1)C1CCCC1N2c1ccccc1)c1ccccc1. The zero-order valence-corrected chi connectivity index (χ0v) is 16.2. The van der Waals surface area contributed by atoms with Gasteiger partial charge in [0.15, 0.2) is 0 Å². The van der Waals surface area contributed by atoms with Gasteiger partial charge in [0.2, 0.25) is 0 Å². The van der Waals surface area contributed by atoms with Crippen LogP contribution in [-0.2, 0) is 0 Å². The Kier molecular flexibility index (Phi) is 4.36. The first-order valence-electron chi connectivity index (χ1n) is 10.1. The summed E-state index contributed by atoms with van der Waals surface area (Å²) in [7, 11) is 1.99. The normalized spacial score (nSPS) is 20.4. The van der Waals surface area contributed by atoms with Crippen molar-refractivity contribution in [3.63, 3.8) is 0 Å². The zero-order valence-electron chi connectivity index (χ0n) is 16.2. The third-order valence-electron chi connectivity index (χ3n) is 6.07. The predicted molar refractivity (Wildman–Crippen MR) is 118 cm³/mol. The third kappa shape index (κ3) is 2.97. The molecule has 0 aromatic heterocycles. The number of hydrazone groups is 1. The average molecular weight is 367 g/mol. The van der Waals surface area contributed by atoms with Gasteiger partial charge in [0, 0.05) is 30.4 Å². The highest BCUT2D eigenvalue weighted by molar-refractivity contribution is 5.84. The summed E-state index contributed by atoms with van der Waals surface area (Å²) in [5, 5.41) is 6.57. The smallest absolute Gasteiger partial charge is 0.0590 e. The number of nitrogens with zero attached hydrogens (tertiary/aromatic N) is 3. The molecule has 1 aliphatic heterocycles. The summed E-state index contributed by atoms with van der Waals surface area (Å²) in [6.45, 7) is 0. The molecule has 1 aliphatic carbocycles. The quantitative estimate of drug-likeness (QED) is 0.419. The number of benzene rings is 3. The minimum absolute atomic E-state index is 0.594. The summed E-state index contributed by atoms with van der Waals surface area (Å²) in [4.78, 5) is 2.56. The zero-order chi connectivity index (χ0) is 18.9. The number of hydrogen-bond acceptors (Lipinski definition) is 3. The van der Waals surface area contributed by atoms with Gasteiger partial charge >= 0.3 is 0 Å². The van der Waals surface area contributed by atoms with E-state index in [2.05, 4.69) is 70.7 Å². The highest BCUT2D eigenvalue weighted by Crippen LogP contribution is 2.52. The van der Waals surface area contributed by atoms with E-state index in [0.29, 0.717) is 12.0 Å². The maximum atomic E-state index is 4.65. The van der Waals surface area contributed by atoms with Gasteiger partial charge in [-0.1, -0.05) is 48.9 Å². The molecule has 0 bridgehead atoms. The molecular weight excluding hydrogens is 342 g/mol. The van der Waals surface area contributed by atoms with E-state index >= 15 is 0 Å². The first-order chi connectivity index (χ1) is 13.8. The standard InChI is InChI=1S/C25H25N3/c1-27(20-9-4-2-5-10-20)26-18-19-15-16-25-23(17-19)22-13-8-14-24(22)28(25)21-11-6-3-7-12-21/h2-7,9-12,15-18,22,24H,8,13-14H2,1H3/b26-18+. The van der Waals surface area contributed by atoms with Crippen molar-refractivity contribution in [1.82, 2.24) is 0 Å². The van der Waals surface area contributed by atoms with E-state index in [9.17, 15) is 0 Å². The molecular formula is C25H25N3. The second-order valence-electron chi connectivity index (χ2n) is 7.73. The van der Waals surface area contributed by atoms with E-state index < -0.39 is 0 Å². The highest BCUT2D eigenvalue weighted by atomic mass is 15.4. The largest absolute Gasteiger partial charge is 0.338 e. The van der Waals surface area contributed by atoms with Crippen molar-refractivity contribution in [1.29, 1.82) is 0 Å². The van der Waals surface area contributed by atoms with Crippen molar-refractivity contribution in [3.8, 4) is 0 Å². The third-order valence-corrected chi connectivity index (χ3v) is 6.07. The minimum atomic E-state index is 0.594. The van der Waals surface area contributed by atoms with Crippen LogP contribution in [0.1, 0.15) is 36.3 Å². The number of rotatable bonds is 4. The van der Waals surface area contributed by atoms with Gasteiger partial charge in [0.05, 0.1) is 11.9 Å². The fourth-order valence-corrected chi connectivity index (χ4v) is 4.74. The lowest BCUT2D eigenvalue weighted by Gasteiger charge is -2.27. The van der Waals surface area contributed by atoms with Crippen molar-refractivity contribution in [2.24, 2.45) is 5.10 Å². The molecule has 28 heavy (non-hydrogen) atoms. The van der Waals surface area contributed by atoms with E-state index in [4.69, 9.17) is 0 Å². The summed E-state index contributed by atoms with van der Waals surface area (Å²) >= 11 is 0. The van der Waals surface area contributed by atoms with Crippen LogP contribution in [0.4, 0.5) is 17.1 Å². The Balaban J connectivity index is 1.46. The molecule has 2 unspecified atom stereocenters. The Bertz CT molecular complexity index is 981. The Hall–Kier alpha value is -3.07. The molecule has 1 heterocycles. The van der Waals surface area contributed by atoms with Gasteiger partial charge in [0.1, 0.15) is 0 Å². The molecule has 0 saturated heterocycles. The van der Waals surface area contributed by atoms with E-state index in [1.54, 1.807) is 0 Å². The summed E-state index contributed by atoms with van der Waals surface area (Å²) in [6, 6.07) is 28.5. The molecule has 1 fully saturated rings. The molecule has 3 aromatic carbocycles. The summed E-state index contributed by atoms with van der Waals surface area (Å²) in [6.07, 6.45) is 5.84. The molecule has 140 valence electrons. The molecule has 0 spiro atoms. The Morgan fingerprint density at radius 1 is 0.929 bits per heavy atom. The second-order valence-corrected chi connectivity index (χ2v) is 7.73. The van der Waals surface area contributed by atoms with Gasteiger partial charge in [-0.3, -0.25) is 5.01 Å². The van der Waals surface area contributed by atoms with Crippen LogP contribution < -0.4 is 9.91 Å². The Labute approximate surface area is 166 Å². The lowest BCUT2D eigenvalue weighted by atomic mass is 9.96. The number of fused-ring (bicyclic) bond motifs is 3. The molecule has 3 aromatic rings. The molecule has 2 aliphatic rings. The van der Waals surface area contributed by atoms with Gasteiger partial charge < -0.3 is 4.90 Å². The van der Waals surface area contributed by atoms with Crippen molar-refractivity contribution >= 4 is 23.3 Å². The highest BCUT2D eigenvalue weighted by Gasteiger charge is 2.41. The molecule has 2 atom stereocenters. The van der Waals surface area contributed by atoms with Crippen LogP contribution in [0.5, 0.6) is 0 Å². The van der Waals surface area contributed by atoms with Crippen LogP contribution in [0.2, 0.25) is 0 Å². The van der Waals surface area contributed by atoms with Gasteiger partial charge in [-0.15, -0.1) is 0 Å². The fraction of sp³-hybridized carbons (Fsp3) is 0.240. The summed E-state index contributed by atoms with van der Waals surface area (Å²) in [5.74, 6) is 0.635. The number of para-hydroxylation sites is 2. The first-order valence-corrected chi connectivity index (χ1v) is 10.1. The van der Waals surface area contributed by atoms with Crippen LogP contribution in [0.15, 0.2) is 84.0 Å². The van der Waals surface area contributed by atoms with Gasteiger partial charge in [-0.05, 0) is 60.4 Å². The van der Waals surface area contributed by atoms with Crippen LogP contribution in [-0.4, -0.2) is 19.3 Å². The van der Waals surface area contributed by atoms with Crippen molar-refractivity contribution in [2.45, 2.75) is 31.2 Å².